The molecule has 3 rings (SSSR count). The van der Waals surface area contributed by atoms with Crippen molar-refractivity contribution >= 4 is 17.5 Å². The van der Waals surface area contributed by atoms with Gasteiger partial charge in [-0.1, -0.05) is 6.07 Å². The van der Waals surface area contributed by atoms with Crippen LogP contribution in [-0.2, 0) is 0 Å². The van der Waals surface area contributed by atoms with Crippen molar-refractivity contribution in [2.75, 3.05) is 13.7 Å². The average molecular weight is 493 g/mol. The molecule has 0 bridgehead atoms. The first-order valence-corrected chi connectivity index (χ1v) is 10.7. The van der Waals surface area contributed by atoms with E-state index in [-0.39, 0.29) is 40.5 Å². The number of carbonyl (C=O) groups is 2. The van der Waals surface area contributed by atoms with Crippen LogP contribution in [0.25, 0.3) is 22.3 Å². The highest BCUT2D eigenvalue weighted by molar-refractivity contribution is 6.05. The van der Waals surface area contributed by atoms with Crippen molar-refractivity contribution in [2.45, 2.75) is 26.4 Å². The lowest BCUT2D eigenvalue weighted by Gasteiger charge is -2.16. The molecule has 1 aromatic heterocycles. The summed E-state index contributed by atoms with van der Waals surface area (Å²) in [7, 11) is 1.35. The molecule has 1 heterocycles. The van der Waals surface area contributed by atoms with E-state index in [9.17, 15) is 29.4 Å². The van der Waals surface area contributed by atoms with Crippen molar-refractivity contribution in [3.05, 3.63) is 69.0 Å². The molecule has 0 fully saturated rings. The molecule has 0 unspecified atom stereocenters. The van der Waals surface area contributed by atoms with Crippen molar-refractivity contribution in [3.63, 3.8) is 0 Å². The summed E-state index contributed by atoms with van der Waals surface area (Å²) in [5.41, 5.74) is 5.91. The van der Waals surface area contributed by atoms with Gasteiger partial charge >= 0.3 is 0 Å². The average Bonchev–Trinajstić information content (AvgIpc) is 3.21. The first kappa shape index (κ1) is 25.9. The number of benzene rings is 2. The molecule has 0 aliphatic heterocycles. The largest absolute Gasteiger partial charge is 0.496 e. The fourth-order valence-electron chi connectivity index (χ4n) is 3.79. The molecule has 10 nitrogen and oxygen atoms in total. The maximum absolute atomic E-state index is 13.8. The van der Waals surface area contributed by atoms with Crippen molar-refractivity contribution < 1.29 is 23.6 Å². The summed E-state index contributed by atoms with van der Waals surface area (Å²) in [5.74, 6) is -1.25. The molecular formula is C25H24FN5O5. The standard InChI is InChI=1S/C25H24FN5O5/c1-13-9-15(31(34)35)6-8-16(13)21-18(11-27)30-22(23(28)32)20(21)14-5-7-17(19(10-14)36-4)24(33)29-12-25(2,3)26/h5-10,30H,12H2,1-4H3,(H2,28,32)(H,29,33). The fraction of sp³-hybridized carbons (Fsp3) is 0.240. The fourth-order valence-corrected chi connectivity index (χ4v) is 3.79. The van der Waals surface area contributed by atoms with Gasteiger partial charge in [-0.15, -0.1) is 0 Å². The number of hydrogen-bond donors (Lipinski definition) is 3. The lowest BCUT2D eigenvalue weighted by Crippen LogP contribution is -2.35. The summed E-state index contributed by atoms with van der Waals surface area (Å²) in [6, 6.07) is 10.6. The number of nitrogens with two attached hydrogens (primary N) is 1. The number of nitro groups is 1. The number of ether oxygens (including phenoxy) is 1. The molecular weight excluding hydrogens is 469 g/mol. The Morgan fingerprint density at radius 1 is 1.25 bits per heavy atom. The van der Waals surface area contributed by atoms with Crippen LogP contribution in [0.3, 0.4) is 0 Å². The zero-order valence-corrected chi connectivity index (χ0v) is 20.1. The number of methoxy groups -OCH3 is 1. The van der Waals surface area contributed by atoms with E-state index in [0.29, 0.717) is 22.3 Å². The van der Waals surface area contributed by atoms with Gasteiger partial charge in [-0.3, -0.25) is 19.7 Å². The number of halogens is 1. The Hall–Kier alpha value is -4.72. The second-order valence-corrected chi connectivity index (χ2v) is 8.67. The van der Waals surface area contributed by atoms with Gasteiger partial charge < -0.3 is 20.8 Å². The van der Waals surface area contributed by atoms with Crippen LogP contribution in [0, 0.1) is 28.4 Å². The van der Waals surface area contributed by atoms with E-state index in [1.54, 1.807) is 13.0 Å². The minimum absolute atomic E-state index is 0.0294. The summed E-state index contributed by atoms with van der Waals surface area (Å²) in [4.78, 5) is 38.3. The number of primary amides is 1. The number of alkyl halides is 1. The van der Waals surface area contributed by atoms with E-state index in [4.69, 9.17) is 10.5 Å². The number of nitrogens with zero attached hydrogens (tertiary/aromatic N) is 2. The number of aryl methyl sites for hydroxylation is 1. The third-order valence-corrected chi connectivity index (χ3v) is 5.45. The number of rotatable bonds is 8. The number of nitrogens with one attached hydrogen (secondary N) is 2. The molecule has 0 saturated heterocycles. The topological polar surface area (TPSA) is 164 Å². The Bertz CT molecular complexity index is 1420. The third-order valence-electron chi connectivity index (χ3n) is 5.45. The predicted octanol–water partition coefficient (Wildman–Crippen LogP) is 4.02. The van der Waals surface area contributed by atoms with Gasteiger partial charge in [0.25, 0.3) is 17.5 Å². The highest BCUT2D eigenvalue weighted by Crippen LogP contribution is 2.41. The minimum atomic E-state index is -1.62. The predicted molar refractivity (Wildman–Crippen MR) is 130 cm³/mol. The van der Waals surface area contributed by atoms with Crippen LogP contribution in [0.15, 0.2) is 36.4 Å². The van der Waals surface area contributed by atoms with Crippen molar-refractivity contribution in [1.82, 2.24) is 10.3 Å². The van der Waals surface area contributed by atoms with Crippen LogP contribution in [0.2, 0.25) is 0 Å². The summed E-state index contributed by atoms with van der Waals surface area (Å²) in [5, 5.41) is 23.5. The number of aromatic nitrogens is 1. The monoisotopic (exact) mass is 493 g/mol. The van der Waals surface area contributed by atoms with Crippen molar-refractivity contribution in [3.8, 4) is 34.1 Å². The van der Waals surface area contributed by atoms with Crippen LogP contribution in [-0.4, -0.2) is 41.0 Å². The van der Waals surface area contributed by atoms with Gasteiger partial charge in [0.1, 0.15) is 28.9 Å². The lowest BCUT2D eigenvalue weighted by atomic mass is 9.91. The Kier molecular flexibility index (Phi) is 7.10. The molecule has 4 N–H and O–H groups in total. The van der Waals surface area contributed by atoms with E-state index in [0.717, 1.165) is 0 Å². The zero-order chi connectivity index (χ0) is 26.8. The van der Waals surface area contributed by atoms with Crippen LogP contribution < -0.4 is 15.8 Å². The van der Waals surface area contributed by atoms with E-state index < -0.39 is 22.4 Å². The molecule has 186 valence electrons. The molecule has 0 aliphatic rings. The van der Waals surface area contributed by atoms with Crippen LogP contribution in [0.4, 0.5) is 10.1 Å². The first-order valence-electron chi connectivity index (χ1n) is 10.7. The Morgan fingerprint density at radius 3 is 2.47 bits per heavy atom. The van der Waals surface area contributed by atoms with E-state index in [2.05, 4.69) is 10.3 Å². The number of H-pyrrole nitrogens is 1. The van der Waals surface area contributed by atoms with Crippen LogP contribution >= 0.6 is 0 Å². The zero-order valence-electron chi connectivity index (χ0n) is 20.1. The minimum Gasteiger partial charge on any atom is -0.496 e. The Morgan fingerprint density at radius 2 is 1.94 bits per heavy atom. The molecule has 0 spiro atoms. The van der Waals surface area contributed by atoms with E-state index >= 15 is 0 Å². The normalized spacial score (nSPS) is 11.0. The lowest BCUT2D eigenvalue weighted by molar-refractivity contribution is -0.384. The molecule has 0 aliphatic carbocycles. The van der Waals surface area contributed by atoms with Gasteiger partial charge in [-0.05, 0) is 55.7 Å². The summed E-state index contributed by atoms with van der Waals surface area (Å²) in [6.07, 6.45) is 0. The number of carbonyl (C=O) groups excluding carboxylic acids is 2. The third kappa shape index (κ3) is 5.17. The maximum atomic E-state index is 13.8. The van der Waals surface area contributed by atoms with Gasteiger partial charge in [-0.2, -0.15) is 5.26 Å². The Balaban J connectivity index is 2.22. The number of amides is 2. The molecule has 11 heteroatoms. The maximum Gasteiger partial charge on any atom is 0.269 e. The number of non-ortho nitro benzene ring substituents is 1. The summed E-state index contributed by atoms with van der Waals surface area (Å²) in [6.45, 7) is 4.10. The highest BCUT2D eigenvalue weighted by atomic mass is 19.1. The van der Waals surface area contributed by atoms with Crippen molar-refractivity contribution in [1.29, 1.82) is 5.26 Å². The number of aromatic amines is 1. The summed E-state index contributed by atoms with van der Waals surface area (Å²) < 4.78 is 19.2. The SMILES string of the molecule is COc1cc(-c2c(C(N)=O)[nH]c(C#N)c2-c2ccc([N+](=O)[O-])cc2C)ccc1C(=O)NCC(C)(C)F. The quantitative estimate of drug-likeness (QED) is 0.317. The molecule has 36 heavy (non-hydrogen) atoms. The number of nitro benzene ring substituents is 1. The second-order valence-electron chi connectivity index (χ2n) is 8.67. The molecule has 0 radical (unpaired) electrons. The molecule has 2 aromatic carbocycles. The molecule has 0 atom stereocenters. The van der Waals surface area contributed by atoms with Gasteiger partial charge in [0.15, 0.2) is 0 Å². The number of nitriles is 1. The summed E-state index contributed by atoms with van der Waals surface area (Å²) >= 11 is 0. The Labute approximate surface area is 206 Å². The van der Waals surface area contributed by atoms with Gasteiger partial charge in [0.05, 0.1) is 24.1 Å². The van der Waals surface area contributed by atoms with Gasteiger partial charge in [-0.25, -0.2) is 4.39 Å². The van der Waals surface area contributed by atoms with Crippen molar-refractivity contribution in [2.24, 2.45) is 5.73 Å². The van der Waals surface area contributed by atoms with Gasteiger partial charge in [0.2, 0.25) is 0 Å². The smallest absolute Gasteiger partial charge is 0.269 e. The van der Waals surface area contributed by atoms with Crippen LogP contribution in [0.5, 0.6) is 5.75 Å². The number of hydrogen-bond acceptors (Lipinski definition) is 6. The molecule has 3 aromatic rings. The first-order chi connectivity index (χ1) is 16.9. The van der Waals surface area contributed by atoms with Crippen LogP contribution in [0.1, 0.15) is 46.0 Å². The van der Waals surface area contributed by atoms with E-state index in [1.165, 1.54) is 51.3 Å². The highest BCUT2D eigenvalue weighted by Gasteiger charge is 2.26. The van der Waals surface area contributed by atoms with Gasteiger partial charge in [0, 0.05) is 23.3 Å². The second kappa shape index (κ2) is 9.87. The molecule has 0 saturated carbocycles. The van der Waals surface area contributed by atoms with E-state index in [1.807, 2.05) is 6.07 Å². The molecule has 2 amide bonds.